The van der Waals surface area contributed by atoms with Crippen molar-refractivity contribution in [1.82, 2.24) is 14.8 Å². The van der Waals surface area contributed by atoms with Crippen molar-refractivity contribution in [2.45, 2.75) is 27.3 Å². The van der Waals surface area contributed by atoms with Crippen LogP contribution in [-0.2, 0) is 6.54 Å². The van der Waals surface area contributed by atoms with Crippen LogP contribution in [0.2, 0.25) is 0 Å². The molecule has 0 saturated heterocycles. The van der Waals surface area contributed by atoms with E-state index in [-0.39, 0.29) is 0 Å². The molecule has 0 spiro atoms. The van der Waals surface area contributed by atoms with Crippen LogP contribution in [0.1, 0.15) is 26.5 Å². The van der Waals surface area contributed by atoms with E-state index in [4.69, 9.17) is 0 Å². The Bertz CT molecular complexity index is 376. The predicted molar refractivity (Wildman–Crippen MR) is 87.1 cm³/mol. The average Bonchev–Trinajstić information content (AvgIpc) is 2.36. The lowest BCUT2D eigenvalue weighted by Crippen LogP contribution is -2.34. The third kappa shape index (κ3) is 6.87. The van der Waals surface area contributed by atoms with Gasteiger partial charge in [-0.05, 0) is 39.1 Å². The monoisotopic (exact) mass is 278 g/mol. The topological polar surface area (TPSA) is 31.4 Å². The van der Waals surface area contributed by atoms with Gasteiger partial charge in [-0.25, -0.2) is 4.98 Å². The van der Waals surface area contributed by atoms with Crippen LogP contribution in [0.25, 0.3) is 0 Å². The predicted octanol–water partition coefficient (Wildman–Crippen LogP) is 2.53. The van der Waals surface area contributed by atoms with Gasteiger partial charge in [-0.2, -0.15) is 0 Å². The summed E-state index contributed by atoms with van der Waals surface area (Å²) in [5.74, 6) is 1.65. The number of nitrogens with one attached hydrogen (secondary N) is 1. The average molecular weight is 278 g/mol. The summed E-state index contributed by atoms with van der Waals surface area (Å²) >= 11 is 0. The summed E-state index contributed by atoms with van der Waals surface area (Å²) in [6.45, 7) is 11.7. The second-order valence-electron chi connectivity index (χ2n) is 5.98. The maximum atomic E-state index is 4.67. The maximum absolute atomic E-state index is 4.67. The van der Waals surface area contributed by atoms with Crippen LogP contribution in [0.5, 0.6) is 0 Å². The molecule has 0 unspecified atom stereocenters. The summed E-state index contributed by atoms with van der Waals surface area (Å²) in [6.07, 6.45) is 0. The number of hydrogen-bond donors (Lipinski definition) is 1. The third-order valence-corrected chi connectivity index (χ3v) is 3.04. The Morgan fingerprint density at radius 1 is 1.20 bits per heavy atom. The van der Waals surface area contributed by atoms with Crippen molar-refractivity contribution in [2.75, 3.05) is 45.6 Å². The van der Waals surface area contributed by atoms with Crippen molar-refractivity contribution >= 4 is 5.82 Å². The lowest BCUT2D eigenvalue weighted by Gasteiger charge is -2.25. The number of rotatable bonds is 9. The molecular formula is C16H30N4. The van der Waals surface area contributed by atoms with Gasteiger partial charge in [0.1, 0.15) is 5.82 Å². The lowest BCUT2D eigenvalue weighted by molar-refractivity contribution is 0.210. The maximum Gasteiger partial charge on any atom is 0.126 e. The van der Waals surface area contributed by atoms with Gasteiger partial charge in [0.15, 0.2) is 0 Å². The van der Waals surface area contributed by atoms with Crippen molar-refractivity contribution in [3.05, 3.63) is 23.9 Å². The molecule has 0 aliphatic rings. The summed E-state index contributed by atoms with van der Waals surface area (Å²) < 4.78 is 0. The minimum absolute atomic E-state index is 0.675. The molecule has 0 saturated carbocycles. The third-order valence-electron chi connectivity index (χ3n) is 3.04. The number of hydrogen-bond acceptors (Lipinski definition) is 4. The van der Waals surface area contributed by atoms with Gasteiger partial charge in [-0.3, -0.25) is 4.90 Å². The first kappa shape index (κ1) is 16.9. The first-order chi connectivity index (χ1) is 9.51. The molecule has 1 N–H and O–H groups in total. The summed E-state index contributed by atoms with van der Waals surface area (Å²) in [5.41, 5.74) is 1.14. The highest BCUT2D eigenvalue weighted by molar-refractivity contribution is 5.34. The molecule has 0 aromatic carbocycles. The van der Waals surface area contributed by atoms with Gasteiger partial charge in [0.2, 0.25) is 0 Å². The van der Waals surface area contributed by atoms with E-state index in [2.05, 4.69) is 67.1 Å². The van der Waals surface area contributed by atoms with E-state index >= 15 is 0 Å². The Hall–Kier alpha value is -1.13. The minimum Gasteiger partial charge on any atom is -0.370 e. The summed E-state index contributed by atoms with van der Waals surface area (Å²) in [5, 5.41) is 3.27. The van der Waals surface area contributed by atoms with Gasteiger partial charge in [0.25, 0.3) is 0 Å². The van der Waals surface area contributed by atoms with Crippen LogP contribution < -0.4 is 5.32 Å². The molecule has 1 aromatic rings. The highest BCUT2D eigenvalue weighted by atomic mass is 15.2. The van der Waals surface area contributed by atoms with Crippen LogP contribution in [0.15, 0.2) is 18.2 Å². The van der Waals surface area contributed by atoms with E-state index in [0.29, 0.717) is 5.92 Å². The second-order valence-corrected chi connectivity index (χ2v) is 5.98. The normalized spacial score (nSPS) is 11.6. The number of aromatic nitrogens is 1. The van der Waals surface area contributed by atoms with Gasteiger partial charge in [0.05, 0.1) is 5.69 Å². The molecule has 1 rings (SSSR count). The van der Waals surface area contributed by atoms with Crippen LogP contribution in [0.4, 0.5) is 5.82 Å². The van der Waals surface area contributed by atoms with Crippen LogP contribution in [-0.4, -0.2) is 55.1 Å². The Balaban J connectivity index is 2.64. The molecule has 0 radical (unpaired) electrons. The van der Waals surface area contributed by atoms with Gasteiger partial charge in [-0.1, -0.05) is 19.9 Å². The first-order valence-electron chi connectivity index (χ1n) is 7.58. The summed E-state index contributed by atoms with van der Waals surface area (Å²) in [6, 6.07) is 6.23. The van der Waals surface area contributed by atoms with Gasteiger partial charge >= 0.3 is 0 Å². The molecule has 20 heavy (non-hydrogen) atoms. The Morgan fingerprint density at radius 2 is 1.95 bits per heavy atom. The molecule has 4 heteroatoms. The Morgan fingerprint density at radius 3 is 2.55 bits per heavy atom. The first-order valence-corrected chi connectivity index (χ1v) is 7.58. The zero-order valence-corrected chi connectivity index (χ0v) is 13.7. The molecule has 0 bridgehead atoms. The van der Waals surface area contributed by atoms with Crippen molar-refractivity contribution in [3.8, 4) is 0 Å². The second kappa shape index (κ2) is 8.93. The van der Waals surface area contributed by atoms with E-state index in [1.54, 1.807) is 0 Å². The lowest BCUT2D eigenvalue weighted by atomic mass is 10.2. The van der Waals surface area contributed by atoms with E-state index in [0.717, 1.165) is 44.2 Å². The van der Waals surface area contributed by atoms with E-state index in [9.17, 15) is 0 Å². The molecule has 1 aromatic heterocycles. The fourth-order valence-corrected chi connectivity index (χ4v) is 2.17. The van der Waals surface area contributed by atoms with E-state index in [1.807, 2.05) is 6.07 Å². The quantitative estimate of drug-likeness (QED) is 0.752. The molecule has 0 amide bonds. The zero-order chi connectivity index (χ0) is 15.0. The molecule has 0 atom stereocenters. The molecule has 1 heterocycles. The molecule has 0 fully saturated rings. The zero-order valence-electron chi connectivity index (χ0n) is 13.7. The van der Waals surface area contributed by atoms with Crippen molar-refractivity contribution in [1.29, 1.82) is 0 Å². The van der Waals surface area contributed by atoms with E-state index < -0.39 is 0 Å². The van der Waals surface area contributed by atoms with Crippen LogP contribution >= 0.6 is 0 Å². The van der Waals surface area contributed by atoms with Crippen molar-refractivity contribution < 1.29 is 0 Å². The fourth-order valence-electron chi connectivity index (χ4n) is 2.17. The fraction of sp³-hybridized carbons (Fsp3) is 0.688. The number of nitrogens with zero attached hydrogens (tertiary/aromatic N) is 3. The number of likely N-dealkylation sites (N-methyl/N-ethyl adjacent to an activating group) is 1. The molecule has 4 nitrogen and oxygen atoms in total. The minimum atomic E-state index is 0.675. The van der Waals surface area contributed by atoms with Crippen molar-refractivity contribution in [3.63, 3.8) is 0 Å². The molecule has 114 valence electrons. The number of pyridine rings is 1. The van der Waals surface area contributed by atoms with Gasteiger partial charge < -0.3 is 10.2 Å². The molecule has 0 aliphatic carbocycles. The largest absolute Gasteiger partial charge is 0.370 e. The SMILES string of the molecule is CCNc1cccc(CN(CCN(C)C)CC(C)C)n1. The highest BCUT2D eigenvalue weighted by Gasteiger charge is 2.10. The van der Waals surface area contributed by atoms with Gasteiger partial charge in [-0.15, -0.1) is 0 Å². The summed E-state index contributed by atoms with van der Waals surface area (Å²) in [4.78, 5) is 9.39. The van der Waals surface area contributed by atoms with Gasteiger partial charge in [0, 0.05) is 32.7 Å². The molecular weight excluding hydrogens is 248 g/mol. The number of anilines is 1. The standard InChI is InChI=1S/C16H30N4/c1-6-17-16-9-7-8-15(18-16)13-20(12-14(2)3)11-10-19(4)5/h7-9,14H,6,10-13H2,1-5H3,(H,17,18). The summed E-state index contributed by atoms with van der Waals surface area (Å²) in [7, 11) is 4.25. The smallest absolute Gasteiger partial charge is 0.126 e. The Kier molecular flexibility index (Phi) is 7.55. The van der Waals surface area contributed by atoms with Crippen LogP contribution in [0.3, 0.4) is 0 Å². The van der Waals surface area contributed by atoms with Crippen LogP contribution in [0, 0.1) is 5.92 Å². The van der Waals surface area contributed by atoms with Crippen molar-refractivity contribution in [2.24, 2.45) is 5.92 Å². The molecule has 0 aliphatic heterocycles. The highest BCUT2D eigenvalue weighted by Crippen LogP contribution is 2.09. The Labute approximate surface area is 124 Å². The van der Waals surface area contributed by atoms with E-state index in [1.165, 1.54) is 0 Å².